The number of carbonyl (C=O) groups is 2. The number of ether oxygens (including phenoxy) is 2. The highest BCUT2D eigenvalue weighted by Crippen LogP contribution is 2.24. The lowest BCUT2D eigenvalue weighted by Gasteiger charge is -2.38. The third-order valence-corrected chi connectivity index (χ3v) is 8.08. The van der Waals surface area contributed by atoms with E-state index in [-0.39, 0.29) is 18.0 Å². The van der Waals surface area contributed by atoms with Crippen LogP contribution >= 0.6 is 0 Å². The molecule has 0 spiro atoms. The maximum Gasteiger partial charge on any atom is 0.323 e. The Morgan fingerprint density at radius 2 is 1.25 bits per heavy atom. The number of piperazine rings is 1. The zero-order chi connectivity index (χ0) is 30.5. The summed E-state index contributed by atoms with van der Waals surface area (Å²) < 4.78 is 11.0. The molecule has 1 unspecified atom stereocenters. The number of carbonyl (C=O) groups excluding carboxylic acids is 2. The third-order valence-electron chi connectivity index (χ3n) is 8.08. The number of rotatable bonds is 6. The van der Waals surface area contributed by atoms with Gasteiger partial charge in [0.15, 0.2) is 5.82 Å². The number of amides is 3. The standard InChI is InChI=1S/C31H39N9O4/c1-22-21-37(2)11-12-40(22)28(41)24-5-9-26(10-6-24)33-31(42)32-25-7-3-23(4-8-25)27-34-29(38-13-17-43-18-14-38)36-30(35-27)39-15-19-44-20-16-39/h3-10,22H,11-21H2,1-2H3,(H2,32,33,42). The minimum atomic E-state index is -0.381. The summed E-state index contributed by atoms with van der Waals surface area (Å²) in [5, 5.41) is 5.71. The lowest BCUT2D eigenvalue weighted by Crippen LogP contribution is -2.52. The first kappa shape index (κ1) is 29.7. The first-order valence-corrected chi connectivity index (χ1v) is 15.1. The Morgan fingerprint density at radius 1 is 0.727 bits per heavy atom. The van der Waals surface area contributed by atoms with Crippen LogP contribution in [0.25, 0.3) is 11.4 Å². The molecule has 1 aromatic heterocycles. The van der Waals surface area contributed by atoms with Gasteiger partial charge in [0.05, 0.1) is 26.4 Å². The molecule has 3 aliphatic rings. The first-order valence-electron chi connectivity index (χ1n) is 15.1. The molecule has 3 aliphatic heterocycles. The molecule has 0 radical (unpaired) electrons. The quantitative estimate of drug-likeness (QED) is 0.435. The second kappa shape index (κ2) is 13.5. The summed E-state index contributed by atoms with van der Waals surface area (Å²) >= 11 is 0. The molecule has 232 valence electrons. The maximum atomic E-state index is 13.0. The molecule has 0 bridgehead atoms. The number of hydrogen-bond donors (Lipinski definition) is 2. The minimum Gasteiger partial charge on any atom is -0.378 e. The summed E-state index contributed by atoms with van der Waals surface area (Å²) in [5.41, 5.74) is 2.64. The molecular formula is C31H39N9O4. The van der Waals surface area contributed by atoms with Gasteiger partial charge in [-0.3, -0.25) is 4.79 Å². The molecule has 13 heteroatoms. The lowest BCUT2D eigenvalue weighted by molar-refractivity contribution is 0.0533. The fourth-order valence-electron chi connectivity index (χ4n) is 5.59. The van der Waals surface area contributed by atoms with Gasteiger partial charge < -0.3 is 39.7 Å². The van der Waals surface area contributed by atoms with Crippen molar-refractivity contribution in [2.45, 2.75) is 13.0 Å². The highest BCUT2D eigenvalue weighted by Gasteiger charge is 2.26. The van der Waals surface area contributed by atoms with Gasteiger partial charge in [-0.05, 0) is 62.5 Å². The molecule has 3 fully saturated rings. The summed E-state index contributed by atoms with van der Waals surface area (Å²) in [6.45, 7) is 9.90. The van der Waals surface area contributed by atoms with Gasteiger partial charge in [0.1, 0.15) is 0 Å². The molecule has 0 aliphatic carbocycles. The van der Waals surface area contributed by atoms with Crippen molar-refractivity contribution in [2.24, 2.45) is 0 Å². The predicted octanol–water partition coefficient (Wildman–Crippen LogP) is 2.63. The van der Waals surface area contributed by atoms with Gasteiger partial charge in [0.25, 0.3) is 5.91 Å². The van der Waals surface area contributed by atoms with Gasteiger partial charge >= 0.3 is 6.03 Å². The number of anilines is 4. The summed E-state index contributed by atoms with van der Waals surface area (Å²) in [4.78, 5) is 48.5. The van der Waals surface area contributed by atoms with E-state index in [4.69, 9.17) is 24.4 Å². The highest BCUT2D eigenvalue weighted by atomic mass is 16.5. The SMILES string of the molecule is CC1CN(C)CCN1C(=O)c1ccc(NC(=O)Nc2ccc(-c3nc(N4CCOCC4)nc(N4CCOCC4)n3)cc2)cc1. The van der Waals surface area contributed by atoms with Crippen LogP contribution in [-0.4, -0.2) is 122 Å². The largest absolute Gasteiger partial charge is 0.378 e. The number of urea groups is 1. The molecule has 3 amide bonds. The number of hydrogen-bond acceptors (Lipinski definition) is 10. The Hall–Kier alpha value is -4.33. The van der Waals surface area contributed by atoms with Crippen LogP contribution in [0.4, 0.5) is 28.1 Å². The van der Waals surface area contributed by atoms with Gasteiger partial charge in [0, 0.05) is 74.4 Å². The van der Waals surface area contributed by atoms with E-state index < -0.39 is 0 Å². The third kappa shape index (κ3) is 7.07. The van der Waals surface area contributed by atoms with Crippen molar-refractivity contribution >= 4 is 35.2 Å². The van der Waals surface area contributed by atoms with Crippen molar-refractivity contribution in [3.8, 4) is 11.4 Å². The van der Waals surface area contributed by atoms with Crippen LogP contribution in [0.3, 0.4) is 0 Å². The first-order chi connectivity index (χ1) is 21.4. The summed E-state index contributed by atoms with van der Waals surface area (Å²) in [6, 6.07) is 14.2. The number of likely N-dealkylation sites (N-methyl/N-ethyl adjacent to an activating group) is 1. The van der Waals surface area contributed by atoms with Crippen LogP contribution in [0.1, 0.15) is 17.3 Å². The monoisotopic (exact) mass is 601 g/mol. The lowest BCUT2D eigenvalue weighted by atomic mass is 10.1. The van der Waals surface area contributed by atoms with Crippen molar-refractivity contribution in [1.82, 2.24) is 24.8 Å². The zero-order valence-corrected chi connectivity index (χ0v) is 25.2. The van der Waals surface area contributed by atoms with Gasteiger partial charge in [0.2, 0.25) is 11.9 Å². The van der Waals surface area contributed by atoms with E-state index in [0.29, 0.717) is 67.6 Å². The second-order valence-corrected chi connectivity index (χ2v) is 11.3. The average Bonchev–Trinajstić information content (AvgIpc) is 3.06. The van der Waals surface area contributed by atoms with E-state index in [1.807, 2.05) is 29.2 Å². The number of nitrogens with one attached hydrogen (secondary N) is 2. The average molecular weight is 602 g/mol. The molecular weight excluding hydrogens is 562 g/mol. The fourth-order valence-corrected chi connectivity index (χ4v) is 5.59. The molecule has 3 aromatic rings. The van der Waals surface area contributed by atoms with Gasteiger partial charge in [-0.15, -0.1) is 0 Å². The van der Waals surface area contributed by atoms with E-state index >= 15 is 0 Å². The number of benzene rings is 2. The molecule has 3 saturated heterocycles. The maximum absolute atomic E-state index is 13.0. The van der Waals surface area contributed by atoms with Crippen molar-refractivity contribution in [3.05, 3.63) is 54.1 Å². The normalized spacial score (nSPS) is 19.5. The van der Waals surface area contributed by atoms with E-state index in [0.717, 1.165) is 44.8 Å². The molecule has 4 heterocycles. The van der Waals surface area contributed by atoms with Crippen molar-refractivity contribution < 1.29 is 19.1 Å². The molecule has 44 heavy (non-hydrogen) atoms. The Bertz CT molecular complexity index is 1410. The van der Waals surface area contributed by atoms with Gasteiger partial charge in [-0.2, -0.15) is 15.0 Å². The Morgan fingerprint density at radius 3 is 1.77 bits per heavy atom. The summed E-state index contributed by atoms with van der Waals surface area (Å²) in [7, 11) is 2.07. The van der Waals surface area contributed by atoms with E-state index in [1.165, 1.54) is 0 Å². The van der Waals surface area contributed by atoms with Crippen LogP contribution < -0.4 is 20.4 Å². The smallest absolute Gasteiger partial charge is 0.323 e. The van der Waals surface area contributed by atoms with Crippen LogP contribution in [0.2, 0.25) is 0 Å². The fraction of sp³-hybridized carbons (Fsp3) is 0.452. The van der Waals surface area contributed by atoms with Crippen molar-refractivity contribution in [3.63, 3.8) is 0 Å². The molecule has 2 N–H and O–H groups in total. The Labute approximate surface area is 257 Å². The number of aromatic nitrogens is 3. The number of morpholine rings is 2. The van der Waals surface area contributed by atoms with Crippen LogP contribution in [0, 0.1) is 0 Å². The molecule has 13 nitrogen and oxygen atoms in total. The van der Waals surface area contributed by atoms with Crippen LogP contribution in [0.15, 0.2) is 48.5 Å². The van der Waals surface area contributed by atoms with Crippen LogP contribution in [-0.2, 0) is 9.47 Å². The summed E-state index contributed by atoms with van der Waals surface area (Å²) in [5.74, 6) is 1.84. The predicted molar refractivity (Wildman–Crippen MR) is 168 cm³/mol. The Balaban J connectivity index is 1.10. The van der Waals surface area contributed by atoms with Crippen LogP contribution in [0.5, 0.6) is 0 Å². The minimum absolute atomic E-state index is 0.00833. The van der Waals surface area contributed by atoms with E-state index in [1.54, 1.807) is 24.3 Å². The van der Waals surface area contributed by atoms with Gasteiger partial charge in [-0.1, -0.05) is 0 Å². The molecule has 1 atom stereocenters. The van der Waals surface area contributed by atoms with Gasteiger partial charge in [-0.25, -0.2) is 4.79 Å². The zero-order valence-electron chi connectivity index (χ0n) is 25.2. The van der Waals surface area contributed by atoms with E-state index in [2.05, 4.69) is 39.3 Å². The number of nitrogens with zero attached hydrogens (tertiary/aromatic N) is 7. The highest BCUT2D eigenvalue weighted by molar-refractivity contribution is 6.00. The van der Waals surface area contributed by atoms with E-state index in [9.17, 15) is 9.59 Å². The molecule has 0 saturated carbocycles. The second-order valence-electron chi connectivity index (χ2n) is 11.3. The molecule has 2 aromatic carbocycles. The Kier molecular flexibility index (Phi) is 9.15. The van der Waals surface area contributed by atoms with Crippen molar-refractivity contribution in [1.29, 1.82) is 0 Å². The summed E-state index contributed by atoms with van der Waals surface area (Å²) in [6.07, 6.45) is 0. The van der Waals surface area contributed by atoms with Crippen molar-refractivity contribution in [2.75, 3.05) is 99.7 Å². The molecule has 6 rings (SSSR count). The topological polar surface area (TPSA) is 128 Å².